The van der Waals surface area contributed by atoms with E-state index < -0.39 is 0 Å². The lowest BCUT2D eigenvalue weighted by Crippen LogP contribution is -2.52. The predicted molar refractivity (Wildman–Crippen MR) is 103 cm³/mol. The van der Waals surface area contributed by atoms with Crippen molar-refractivity contribution in [1.29, 1.82) is 0 Å². The molecular weight excluding hydrogens is 344 g/mol. The van der Waals surface area contributed by atoms with Crippen LogP contribution in [0.1, 0.15) is 56.6 Å². The average molecular weight is 377 g/mol. The summed E-state index contributed by atoms with van der Waals surface area (Å²) in [5.74, 6) is 0.0654. The van der Waals surface area contributed by atoms with Gasteiger partial charge in [0.05, 0.1) is 6.20 Å². The smallest absolute Gasteiger partial charge is 0.315 e. The molecule has 2 aliphatic rings. The van der Waals surface area contributed by atoms with Crippen LogP contribution in [0.5, 0.6) is 0 Å². The number of carbonyl (C=O) groups is 2. The molecule has 8 heteroatoms. The minimum atomic E-state index is -0.377. The summed E-state index contributed by atoms with van der Waals surface area (Å²) >= 11 is 0. The molecule has 2 fully saturated rings. The van der Waals surface area contributed by atoms with Crippen molar-refractivity contribution in [3.8, 4) is 0 Å². The van der Waals surface area contributed by atoms with Gasteiger partial charge < -0.3 is 20.9 Å². The Morgan fingerprint density at radius 2 is 1.70 bits per heavy atom. The molecule has 0 bridgehead atoms. The van der Waals surface area contributed by atoms with E-state index in [0.717, 1.165) is 31.2 Å². The molecule has 1 saturated heterocycles. The number of nitrogens with one attached hydrogen (secondary N) is 3. The van der Waals surface area contributed by atoms with Gasteiger partial charge in [0.1, 0.15) is 6.04 Å². The summed E-state index contributed by atoms with van der Waals surface area (Å²) < 4.78 is 1.70. The summed E-state index contributed by atoms with van der Waals surface area (Å²) in [6.07, 6.45) is 11.0. The largest absolute Gasteiger partial charge is 0.341 e. The molecule has 27 heavy (non-hydrogen) atoms. The molecular formula is C19H32N6O2. The number of urea groups is 1. The standard InChI is InChI=1S/C19H32N6O2/c1-20-17(14-12-21-24(2)13-14)18(26)25-10-8-16(9-11-25)23-19(27)22-15-6-4-3-5-7-15/h12-13,15-17,20H,3-11H2,1-2H3,(H2,22,23,27). The predicted octanol–water partition coefficient (Wildman–Crippen LogP) is 1.30. The molecule has 1 aliphatic carbocycles. The van der Waals surface area contributed by atoms with Gasteiger partial charge in [-0.3, -0.25) is 9.48 Å². The molecule has 3 N–H and O–H groups in total. The number of piperidine rings is 1. The fourth-order valence-corrected chi connectivity index (χ4v) is 4.11. The van der Waals surface area contributed by atoms with Crippen LogP contribution in [0.15, 0.2) is 12.4 Å². The molecule has 3 amide bonds. The maximum absolute atomic E-state index is 12.9. The molecule has 1 aromatic rings. The Hall–Kier alpha value is -2.09. The molecule has 1 saturated carbocycles. The lowest BCUT2D eigenvalue weighted by atomic mass is 9.96. The molecule has 150 valence electrons. The van der Waals surface area contributed by atoms with Gasteiger partial charge in [-0.2, -0.15) is 5.10 Å². The molecule has 0 aromatic carbocycles. The van der Waals surface area contributed by atoms with Crippen molar-refractivity contribution in [1.82, 2.24) is 30.6 Å². The zero-order valence-corrected chi connectivity index (χ0v) is 16.4. The van der Waals surface area contributed by atoms with Gasteiger partial charge in [0.25, 0.3) is 0 Å². The van der Waals surface area contributed by atoms with E-state index in [9.17, 15) is 9.59 Å². The third-order valence-corrected chi connectivity index (χ3v) is 5.68. The van der Waals surface area contributed by atoms with Crippen LogP contribution in [-0.4, -0.2) is 58.8 Å². The summed E-state index contributed by atoms with van der Waals surface area (Å²) in [6.45, 7) is 1.32. The number of likely N-dealkylation sites (N-methyl/N-ethyl adjacent to an activating group) is 1. The van der Waals surface area contributed by atoms with Crippen LogP contribution in [0, 0.1) is 0 Å². The molecule has 1 aliphatic heterocycles. The Balaban J connectivity index is 1.45. The molecule has 3 rings (SSSR count). The van der Waals surface area contributed by atoms with Gasteiger partial charge in [-0.1, -0.05) is 19.3 Å². The highest BCUT2D eigenvalue weighted by molar-refractivity contribution is 5.83. The summed E-state index contributed by atoms with van der Waals surface area (Å²) in [5, 5.41) is 13.4. The summed E-state index contributed by atoms with van der Waals surface area (Å²) in [6, 6.07) is 0.00769. The molecule has 0 spiro atoms. The van der Waals surface area contributed by atoms with Gasteiger partial charge in [0.15, 0.2) is 0 Å². The monoisotopic (exact) mass is 376 g/mol. The van der Waals surface area contributed by atoms with Gasteiger partial charge in [-0.25, -0.2) is 4.79 Å². The van der Waals surface area contributed by atoms with Crippen LogP contribution in [0.3, 0.4) is 0 Å². The number of carbonyl (C=O) groups excluding carboxylic acids is 2. The summed E-state index contributed by atoms with van der Waals surface area (Å²) in [5.41, 5.74) is 0.872. The Labute approximate surface area is 161 Å². The van der Waals surface area contributed by atoms with E-state index in [1.54, 1.807) is 17.9 Å². The van der Waals surface area contributed by atoms with Crippen molar-refractivity contribution >= 4 is 11.9 Å². The van der Waals surface area contributed by atoms with E-state index in [0.29, 0.717) is 19.1 Å². The van der Waals surface area contributed by atoms with E-state index in [4.69, 9.17) is 0 Å². The van der Waals surface area contributed by atoms with E-state index in [-0.39, 0.29) is 24.0 Å². The van der Waals surface area contributed by atoms with Gasteiger partial charge in [-0.05, 0) is 32.7 Å². The van der Waals surface area contributed by atoms with Crippen LogP contribution < -0.4 is 16.0 Å². The van der Waals surface area contributed by atoms with E-state index >= 15 is 0 Å². The van der Waals surface area contributed by atoms with Crippen molar-refractivity contribution in [2.45, 2.75) is 63.1 Å². The zero-order valence-electron chi connectivity index (χ0n) is 16.4. The molecule has 0 radical (unpaired) electrons. The molecule has 2 heterocycles. The van der Waals surface area contributed by atoms with Crippen LogP contribution in [0.4, 0.5) is 4.79 Å². The van der Waals surface area contributed by atoms with E-state index in [1.807, 2.05) is 18.1 Å². The number of nitrogens with zero attached hydrogens (tertiary/aromatic N) is 3. The molecule has 8 nitrogen and oxygen atoms in total. The van der Waals surface area contributed by atoms with Crippen LogP contribution in [-0.2, 0) is 11.8 Å². The maximum atomic E-state index is 12.9. The normalized spacial score (nSPS) is 20.3. The highest BCUT2D eigenvalue weighted by Crippen LogP contribution is 2.19. The van der Waals surface area contributed by atoms with E-state index in [1.165, 1.54) is 19.3 Å². The third-order valence-electron chi connectivity index (χ3n) is 5.68. The number of hydrogen-bond donors (Lipinski definition) is 3. The lowest BCUT2D eigenvalue weighted by Gasteiger charge is -2.34. The SMILES string of the molecule is CNC(C(=O)N1CCC(NC(=O)NC2CCCCC2)CC1)c1cnn(C)c1. The highest BCUT2D eigenvalue weighted by Gasteiger charge is 2.29. The maximum Gasteiger partial charge on any atom is 0.315 e. The topological polar surface area (TPSA) is 91.3 Å². The number of likely N-dealkylation sites (tertiary alicyclic amines) is 1. The first-order valence-corrected chi connectivity index (χ1v) is 10.1. The fourth-order valence-electron chi connectivity index (χ4n) is 4.11. The number of rotatable bonds is 5. The quantitative estimate of drug-likeness (QED) is 0.722. The van der Waals surface area contributed by atoms with Crippen molar-refractivity contribution in [3.05, 3.63) is 18.0 Å². The first-order valence-electron chi connectivity index (χ1n) is 10.1. The van der Waals surface area contributed by atoms with Gasteiger partial charge >= 0.3 is 6.03 Å². The number of aryl methyl sites for hydroxylation is 1. The van der Waals surface area contributed by atoms with Crippen LogP contribution in [0.25, 0.3) is 0 Å². The van der Waals surface area contributed by atoms with Crippen molar-refractivity contribution < 1.29 is 9.59 Å². The molecule has 1 atom stereocenters. The third kappa shape index (κ3) is 5.22. The first kappa shape index (κ1) is 19.7. The highest BCUT2D eigenvalue weighted by atomic mass is 16.2. The minimum absolute atomic E-state index is 0.0601. The second kappa shape index (κ2) is 9.21. The second-order valence-electron chi connectivity index (χ2n) is 7.72. The average Bonchev–Trinajstić information content (AvgIpc) is 3.09. The lowest BCUT2D eigenvalue weighted by molar-refractivity contribution is -0.134. The number of hydrogen-bond acceptors (Lipinski definition) is 4. The summed E-state index contributed by atoms with van der Waals surface area (Å²) in [7, 11) is 3.63. The number of aromatic nitrogens is 2. The number of amides is 3. The minimum Gasteiger partial charge on any atom is -0.341 e. The molecule has 1 aromatic heterocycles. The van der Waals surface area contributed by atoms with Crippen LogP contribution >= 0.6 is 0 Å². The van der Waals surface area contributed by atoms with Crippen molar-refractivity contribution in [2.75, 3.05) is 20.1 Å². The van der Waals surface area contributed by atoms with E-state index in [2.05, 4.69) is 21.0 Å². The Morgan fingerprint density at radius 1 is 1.07 bits per heavy atom. The fraction of sp³-hybridized carbons (Fsp3) is 0.737. The Morgan fingerprint density at radius 3 is 2.26 bits per heavy atom. The van der Waals surface area contributed by atoms with Gasteiger partial charge in [-0.15, -0.1) is 0 Å². The van der Waals surface area contributed by atoms with Crippen LogP contribution in [0.2, 0.25) is 0 Å². The first-order chi connectivity index (χ1) is 13.1. The Bertz CT molecular complexity index is 632. The zero-order chi connectivity index (χ0) is 19.2. The second-order valence-corrected chi connectivity index (χ2v) is 7.72. The molecule has 1 unspecified atom stereocenters. The summed E-state index contributed by atoms with van der Waals surface area (Å²) in [4.78, 5) is 27.0. The van der Waals surface area contributed by atoms with Gasteiger partial charge in [0, 0.05) is 44.0 Å². The van der Waals surface area contributed by atoms with Gasteiger partial charge in [0.2, 0.25) is 5.91 Å². The van der Waals surface area contributed by atoms with Crippen molar-refractivity contribution in [2.24, 2.45) is 7.05 Å². The Kier molecular flexibility index (Phi) is 6.71. The van der Waals surface area contributed by atoms with Crippen molar-refractivity contribution in [3.63, 3.8) is 0 Å².